The van der Waals surface area contributed by atoms with Crippen molar-refractivity contribution in [1.82, 2.24) is 5.32 Å². The molecule has 0 spiro atoms. The van der Waals surface area contributed by atoms with E-state index in [-0.39, 0.29) is 11.9 Å². The minimum atomic E-state index is -0.185. The Kier molecular flexibility index (Phi) is 4.54. The average Bonchev–Trinajstić information content (AvgIpc) is 2.81. The lowest BCUT2D eigenvalue weighted by Crippen LogP contribution is -2.17. The molecule has 1 nitrogen and oxygen atoms in total. The standard InChI is InChI=1S/C14H15BrFNS/c1-3-10-5-7-13(18-10)14(17-2)11-6-4-9(15)8-12(11)16/h4-8,14,17H,3H2,1-2H3. The molecule has 0 fully saturated rings. The lowest BCUT2D eigenvalue weighted by atomic mass is 10.1. The Morgan fingerprint density at radius 2 is 2.11 bits per heavy atom. The summed E-state index contributed by atoms with van der Waals surface area (Å²) in [5, 5.41) is 3.19. The molecule has 0 saturated carbocycles. The van der Waals surface area contributed by atoms with Crippen molar-refractivity contribution in [1.29, 1.82) is 0 Å². The van der Waals surface area contributed by atoms with E-state index in [0.717, 1.165) is 15.8 Å². The van der Waals surface area contributed by atoms with E-state index in [0.29, 0.717) is 5.56 Å². The van der Waals surface area contributed by atoms with Crippen LogP contribution in [0.2, 0.25) is 0 Å². The van der Waals surface area contributed by atoms with Crippen LogP contribution < -0.4 is 5.32 Å². The van der Waals surface area contributed by atoms with Gasteiger partial charge in [0.15, 0.2) is 0 Å². The molecule has 96 valence electrons. The molecule has 0 bridgehead atoms. The van der Waals surface area contributed by atoms with Gasteiger partial charge in [0, 0.05) is 19.8 Å². The van der Waals surface area contributed by atoms with Crippen LogP contribution in [0, 0.1) is 5.82 Å². The molecular formula is C14H15BrFNS. The van der Waals surface area contributed by atoms with Crippen molar-refractivity contribution in [2.24, 2.45) is 0 Å². The maximum atomic E-state index is 14.0. The van der Waals surface area contributed by atoms with Crippen LogP contribution in [0.15, 0.2) is 34.8 Å². The molecule has 0 aliphatic carbocycles. The molecule has 0 amide bonds. The summed E-state index contributed by atoms with van der Waals surface area (Å²) < 4.78 is 14.8. The van der Waals surface area contributed by atoms with Crippen molar-refractivity contribution in [2.75, 3.05) is 7.05 Å². The van der Waals surface area contributed by atoms with Gasteiger partial charge in [-0.1, -0.05) is 28.9 Å². The second kappa shape index (κ2) is 5.95. The number of rotatable bonds is 4. The third kappa shape index (κ3) is 2.82. The van der Waals surface area contributed by atoms with Gasteiger partial charge >= 0.3 is 0 Å². The van der Waals surface area contributed by atoms with Gasteiger partial charge < -0.3 is 5.32 Å². The first-order valence-corrected chi connectivity index (χ1v) is 7.47. The molecule has 0 saturated heterocycles. The maximum Gasteiger partial charge on any atom is 0.129 e. The van der Waals surface area contributed by atoms with E-state index in [9.17, 15) is 4.39 Å². The Morgan fingerprint density at radius 1 is 1.33 bits per heavy atom. The number of benzene rings is 1. The smallest absolute Gasteiger partial charge is 0.129 e. The van der Waals surface area contributed by atoms with Gasteiger partial charge in [-0.2, -0.15) is 0 Å². The zero-order valence-electron chi connectivity index (χ0n) is 10.3. The predicted octanol–water partition coefficient (Wildman–Crippen LogP) is 4.52. The van der Waals surface area contributed by atoms with E-state index in [1.807, 2.05) is 19.2 Å². The summed E-state index contributed by atoms with van der Waals surface area (Å²) in [6.45, 7) is 2.13. The predicted molar refractivity (Wildman–Crippen MR) is 78.7 cm³/mol. The minimum absolute atomic E-state index is 0.0802. The topological polar surface area (TPSA) is 12.0 Å². The minimum Gasteiger partial charge on any atom is -0.309 e. The van der Waals surface area contributed by atoms with Gasteiger partial charge in [0.05, 0.1) is 6.04 Å². The molecule has 2 aromatic rings. The average molecular weight is 328 g/mol. The van der Waals surface area contributed by atoms with E-state index in [4.69, 9.17) is 0 Å². The third-order valence-corrected chi connectivity index (χ3v) is 4.67. The quantitative estimate of drug-likeness (QED) is 0.870. The molecule has 1 atom stereocenters. The number of hydrogen-bond acceptors (Lipinski definition) is 2. The number of hydrogen-bond donors (Lipinski definition) is 1. The highest BCUT2D eigenvalue weighted by molar-refractivity contribution is 9.10. The van der Waals surface area contributed by atoms with Crippen LogP contribution in [0.5, 0.6) is 0 Å². The van der Waals surface area contributed by atoms with E-state index in [1.54, 1.807) is 11.3 Å². The number of aryl methyl sites for hydroxylation is 1. The van der Waals surface area contributed by atoms with Crippen LogP contribution in [0.4, 0.5) is 4.39 Å². The van der Waals surface area contributed by atoms with Gasteiger partial charge in [-0.15, -0.1) is 11.3 Å². The summed E-state index contributed by atoms with van der Waals surface area (Å²) in [6.07, 6.45) is 1.02. The SMILES string of the molecule is CCc1ccc(C(NC)c2ccc(Br)cc2F)s1. The molecule has 0 aliphatic rings. The lowest BCUT2D eigenvalue weighted by molar-refractivity contribution is 0.578. The van der Waals surface area contributed by atoms with E-state index in [2.05, 4.69) is 40.3 Å². The number of thiophene rings is 1. The van der Waals surface area contributed by atoms with Crippen LogP contribution in [-0.4, -0.2) is 7.05 Å². The Balaban J connectivity index is 2.38. The first kappa shape index (κ1) is 13.7. The van der Waals surface area contributed by atoms with Gasteiger partial charge in [0.2, 0.25) is 0 Å². The monoisotopic (exact) mass is 327 g/mol. The summed E-state index contributed by atoms with van der Waals surface area (Å²) in [4.78, 5) is 2.47. The van der Waals surface area contributed by atoms with Gasteiger partial charge in [-0.25, -0.2) is 4.39 Å². The van der Waals surface area contributed by atoms with Gasteiger partial charge in [0.25, 0.3) is 0 Å². The Bertz CT molecular complexity index is 538. The lowest BCUT2D eigenvalue weighted by Gasteiger charge is -2.16. The van der Waals surface area contributed by atoms with Crippen LogP contribution >= 0.6 is 27.3 Å². The first-order chi connectivity index (χ1) is 8.65. The van der Waals surface area contributed by atoms with Crippen molar-refractivity contribution < 1.29 is 4.39 Å². The fraction of sp³-hybridized carbons (Fsp3) is 0.286. The molecule has 1 aromatic heterocycles. The Labute approximate surface area is 119 Å². The van der Waals surface area contributed by atoms with E-state index >= 15 is 0 Å². The van der Waals surface area contributed by atoms with Crippen molar-refractivity contribution in [3.63, 3.8) is 0 Å². The maximum absolute atomic E-state index is 14.0. The first-order valence-electron chi connectivity index (χ1n) is 5.86. The fourth-order valence-electron chi connectivity index (χ4n) is 1.93. The van der Waals surface area contributed by atoms with E-state index in [1.165, 1.54) is 10.9 Å². The second-order valence-electron chi connectivity index (χ2n) is 4.05. The van der Waals surface area contributed by atoms with Gasteiger partial charge in [-0.3, -0.25) is 0 Å². The van der Waals surface area contributed by atoms with E-state index < -0.39 is 0 Å². The van der Waals surface area contributed by atoms with Crippen LogP contribution in [-0.2, 0) is 6.42 Å². The summed E-state index contributed by atoms with van der Waals surface area (Å²) in [5.41, 5.74) is 0.685. The second-order valence-corrected chi connectivity index (χ2v) is 6.16. The van der Waals surface area contributed by atoms with Crippen molar-refractivity contribution in [3.8, 4) is 0 Å². The molecule has 1 aromatic carbocycles. The van der Waals surface area contributed by atoms with Crippen molar-refractivity contribution in [3.05, 3.63) is 55.9 Å². The normalized spacial score (nSPS) is 12.7. The number of nitrogens with one attached hydrogen (secondary N) is 1. The molecule has 0 radical (unpaired) electrons. The Hall–Kier alpha value is -0.710. The third-order valence-electron chi connectivity index (χ3n) is 2.88. The fourth-order valence-corrected chi connectivity index (χ4v) is 3.34. The van der Waals surface area contributed by atoms with Gasteiger partial charge in [0.1, 0.15) is 5.82 Å². The summed E-state index contributed by atoms with van der Waals surface area (Å²) in [6, 6.07) is 9.31. The highest BCUT2D eigenvalue weighted by atomic mass is 79.9. The molecular weight excluding hydrogens is 313 g/mol. The van der Waals surface area contributed by atoms with Crippen LogP contribution in [0.1, 0.15) is 28.3 Å². The van der Waals surface area contributed by atoms with Crippen LogP contribution in [0.25, 0.3) is 0 Å². The zero-order chi connectivity index (χ0) is 13.1. The largest absolute Gasteiger partial charge is 0.309 e. The number of halogens is 2. The molecule has 1 unspecified atom stereocenters. The highest BCUT2D eigenvalue weighted by Crippen LogP contribution is 2.31. The van der Waals surface area contributed by atoms with Crippen LogP contribution in [0.3, 0.4) is 0 Å². The summed E-state index contributed by atoms with van der Waals surface area (Å²) in [7, 11) is 1.86. The van der Waals surface area contributed by atoms with Crippen molar-refractivity contribution >= 4 is 27.3 Å². The molecule has 2 rings (SSSR count). The highest BCUT2D eigenvalue weighted by Gasteiger charge is 2.17. The zero-order valence-corrected chi connectivity index (χ0v) is 12.7. The molecule has 18 heavy (non-hydrogen) atoms. The van der Waals surface area contributed by atoms with Gasteiger partial charge in [-0.05, 0) is 37.7 Å². The summed E-state index contributed by atoms with van der Waals surface area (Å²) >= 11 is 5.01. The molecule has 1 heterocycles. The summed E-state index contributed by atoms with van der Waals surface area (Å²) in [5.74, 6) is -0.185. The molecule has 0 aliphatic heterocycles. The Morgan fingerprint density at radius 3 is 2.67 bits per heavy atom. The molecule has 4 heteroatoms. The van der Waals surface area contributed by atoms with Crippen molar-refractivity contribution in [2.45, 2.75) is 19.4 Å². The molecule has 1 N–H and O–H groups in total.